The normalized spacial score (nSPS) is 21.5. The molecule has 5 heterocycles. The van der Waals surface area contributed by atoms with Crippen molar-refractivity contribution in [2.75, 3.05) is 18.4 Å². The van der Waals surface area contributed by atoms with Crippen LogP contribution in [0.25, 0.3) is 16.9 Å². The molecule has 2 atom stereocenters. The molecular weight excluding hydrogens is 484 g/mol. The molecule has 4 aromatic rings. The standard InChI is InChI=1S/C22H28N10O3S/c1-14-12-31(36(33,34)17-10-26-30(2)13-17)7-6-18(14)27-22-28-19-11-23-20(15-8-24-25-9-15)21(32(19)29-22)35-16-4-3-5-16/h8-11,13-14,16,18H,3-7,12H2,1-2H3,(H,24,25)(H,27,29)/t14-,18+/m1/s1. The molecular formula is C22H28N10O3S. The number of ether oxygens (including phenoxy) is 1. The Kier molecular flexibility index (Phi) is 5.63. The molecule has 0 aromatic carbocycles. The number of aromatic amines is 1. The van der Waals surface area contributed by atoms with Crippen LogP contribution in [0.3, 0.4) is 0 Å². The number of fused-ring (bicyclic) bond motifs is 1. The fourth-order valence-corrected chi connectivity index (χ4v) is 6.16. The molecule has 1 aliphatic heterocycles. The van der Waals surface area contributed by atoms with Gasteiger partial charge in [-0.2, -0.15) is 24.0 Å². The summed E-state index contributed by atoms with van der Waals surface area (Å²) in [6.45, 7) is 2.82. The fraction of sp³-hybridized carbons (Fsp3) is 0.500. The lowest BCUT2D eigenvalue weighted by Gasteiger charge is -2.36. The van der Waals surface area contributed by atoms with Crippen LogP contribution in [0.1, 0.15) is 32.6 Å². The average Bonchev–Trinajstić information content (AvgIpc) is 3.58. The quantitative estimate of drug-likeness (QED) is 0.377. The van der Waals surface area contributed by atoms with Gasteiger partial charge in [-0.25, -0.2) is 13.4 Å². The first kappa shape index (κ1) is 22.9. The maximum atomic E-state index is 13.0. The van der Waals surface area contributed by atoms with Gasteiger partial charge in [0, 0.05) is 44.1 Å². The highest BCUT2D eigenvalue weighted by Crippen LogP contribution is 2.33. The van der Waals surface area contributed by atoms with Gasteiger partial charge in [-0.3, -0.25) is 9.78 Å². The van der Waals surface area contributed by atoms with Crippen LogP contribution >= 0.6 is 0 Å². The summed E-state index contributed by atoms with van der Waals surface area (Å²) >= 11 is 0. The van der Waals surface area contributed by atoms with Crippen LogP contribution in [0.15, 0.2) is 35.9 Å². The van der Waals surface area contributed by atoms with E-state index in [-0.39, 0.29) is 23.0 Å². The Labute approximate surface area is 207 Å². The zero-order chi connectivity index (χ0) is 24.9. The van der Waals surface area contributed by atoms with Gasteiger partial charge in [0.15, 0.2) is 5.65 Å². The third kappa shape index (κ3) is 4.09. The number of nitrogens with zero attached hydrogens (tertiary/aromatic N) is 8. The summed E-state index contributed by atoms with van der Waals surface area (Å²) in [5, 5.41) is 19.0. The summed E-state index contributed by atoms with van der Waals surface area (Å²) in [4.78, 5) is 9.43. The minimum Gasteiger partial charge on any atom is -0.473 e. The average molecular weight is 513 g/mol. The third-order valence-electron chi connectivity index (χ3n) is 6.94. The van der Waals surface area contributed by atoms with Crippen molar-refractivity contribution in [3.63, 3.8) is 0 Å². The molecule has 190 valence electrons. The second-order valence-electron chi connectivity index (χ2n) is 9.50. The number of anilines is 1. The molecule has 6 rings (SSSR count). The minimum atomic E-state index is -3.58. The van der Waals surface area contributed by atoms with E-state index in [0.717, 1.165) is 24.8 Å². The molecule has 0 bridgehead atoms. The van der Waals surface area contributed by atoms with E-state index in [1.54, 1.807) is 30.2 Å². The second-order valence-corrected chi connectivity index (χ2v) is 11.4. The Hall–Kier alpha value is -3.52. The number of hydrogen-bond donors (Lipinski definition) is 2. The van der Waals surface area contributed by atoms with Crippen molar-refractivity contribution in [3.8, 4) is 17.1 Å². The zero-order valence-electron chi connectivity index (χ0n) is 20.1. The molecule has 2 fully saturated rings. The monoisotopic (exact) mass is 512 g/mol. The van der Waals surface area contributed by atoms with Gasteiger partial charge < -0.3 is 10.1 Å². The van der Waals surface area contributed by atoms with Crippen molar-refractivity contribution in [2.45, 2.75) is 49.6 Å². The number of sulfonamides is 1. The largest absolute Gasteiger partial charge is 0.473 e. The van der Waals surface area contributed by atoms with Gasteiger partial charge in [-0.1, -0.05) is 6.92 Å². The van der Waals surface area contributed by atoms with Gasteiger partial charge in [0.05, 0.1) is 18.6 Å². The van der Waals surface area contributed by atoms with E-state index < -0.39 is 10.0 Å². The van der Waals surface area contributed by atoms with E-state index in [0.29, 0.717) is 42.7 Å². The summed E-state index contributed by atoms with van der Waals surface area (Å²) in [6, 6.07) is 0.0139. The fourth-order valence-electron chi connectivity index (χ4n) is 4.61. The van der Waals surface area contributed by atoms with Gasteiger partial charge in [-0.05, 0) is 31.6 Å². The Balaban J connectivity index is 1.22. The predicted molar refractivity (Wildman–Crippen MR) is 130 cm³/mol. The van der Waals surface area contributed by atoms with Crippen LogP contribution < -0.4 is 10.1 Å². The molecule has 1 saturated carbocycles. The first-order chi connectivity index (χ1) is 17.4. The predicted octanol–water partition coefficient (Wildman–Crippen LogP) is 1.69. The molecule has 0 unspecified atom stereocenters. The van der Waals surface area contributed by atoms with Crippen molar-refractivity contribution >= 4 is 21.6 Å². The van der Waals surface area contributed by atoms with E-state index in [1.807, 2.05) is 6.92 Å². The van der Waals surface area contributed by atoms with Crippen LogP contribution in [-0.2, 0) is 17.1 Å². The molecule has 0 amide bonds. The van der Waals surface area contributed by atoms with Crippen LogP contribution in [-0.4, -0.2) is 77.5 Å². The molecule has 1 aliphatic carbocycles. The summed E-state index contributed by atoms with van der Waals surface area (Å²) in [5.74, 6) is 1.05. The molecule has 1 saturated heterocycles. The van der Waals surface area contributed by atoms with Crippen molar-refractivity contribution in [3.05, 3.63) is 31.0 Å². The Morgan fingerprint density at radius 3 is 2.72 bits per heavy atom. The van der Waals surface area contributed by atoms with E-state index in [2.05, 4.69) is 30.6 Å². The van der Waals surface area contributed by atoms with Crippen molar-refractivity contribution in [2.24, 2.45) is 13.0 Å². The SMILES string of the molecule is C[C@@H]1CN(S(=O)(=O)c2cnn(C)c2)CC[C@@H]1Nc1nc2cnc(-c3cn[nH]c3)c(OC3CCC3)n2n1. The minimum absolute atomic E-state index is 0.0139. The number of aryl methyl sites for hydroxylation is 1. The number of piperidine rings is 1. The summed E-state index contributed by atoms with van der Waals surface area (Å²) in [6.07, 6.45) is 12.0. The Morgan fingerprint density at radius 1 is 1.19 bits per heavy atom. The first-order valence-corrected chi connectivity index (χ1v) is 13.5. The lowest BCUT2D eigenvalue weighted by atomic mass is 9.95. The summed E-state index contributed by atoms with van der Waals surface area (Å²) < 4.78 is 37.0. The van der Waals surface area contributed by atoms with Gasteiger partial charge in [0.25, 0.3) is 0 Å². The molecule has 4 aromatic heterocycles. The number of aromatic nitrogens is 8. The molecule has 14 heteroatoms. The molecule has 2 aliphatic rings. The zero-order valence-corrected chi connectivity index (χ0v) is 20.9. The number of rotatable bonds is 7. The Bertz CT molecular complexity index is 1480. The van der Waals surface area contributed by atoms with Crippen molar-refractivity contribution in [1.29, 1.82) is 0 Å². The number of nitrogens with one attached hydrogen (secondary N) is 2. The highest BCUT2D eigenvalue weighted by atomic mass is 32.2. The lowest BCUT2D eigenvalue weighted by Crippen LogP contribution is -2.47. The van der Waals surface area contributed by atoms with Crippen LogP contribution in [0, 0.1) is 5.92 Å². The van der Waals surface area contributed by atoms with E-state index >= 15 is 0 Å². The molecule has 36 heavy (non-hydrogen) atoms. The molecule has 0 radical (unpaired) electrons. The van der Waals surface area contributed by atoms with Crippen LogP contribution in [0.4, 0.5) is 5.95 Å². The summed E-state index contributed by atoms with van der Waals surface area (Å²) in [7, 11) is -1.87. The summed E-state index contributed by atoms with van der Waals surface area (Å²) in [5.41, 5.74) is 2.04. The van der Waals surface area contributed by atoms with Crippen LogP contribution in [0.2, 0.25) is 0 Å². The van der Waals surface area contributed by atoms with Gasteiger partial charge in [0.2, 0.25) is 21.9 Å². The molecule has 2 N–H and O–H groups in total. The smallest absolute Gasteiger partial charge is 0.246 e. The van der Waals surface area contributed by atoms with Crippen LogP contribution in [0.5, 0.6) is 5.88 Å². The number of hydrogen-bond acceptors (Lipinski definition) is 9. The maximum absolute atomic E-state index is 13.0. The van der Waals surface area contributed by atoms with E-state index in [4.69, 9.17) is 9.84 Å². The number of H-pyrrole nitrogens is 1. The lowest BCUT2D eigenvalue weighted by molar-refractivity contribution is 0.112. The van der Waals surface area contributed by atoms with Gasteiger partial charge in [-0.15, -0.1) is 5.10 Å². The topological polar surface area (TPSA) is 148 Å². The van der Waals surface area contributed by atoms with Gasteiger partial charge in [0.1, 0.15) is 16.7 Å². The molecule has 13 nitrogen and oxygen atoms in total. The van der Waals surface area contributed by atoms with E-state index in [9.17, 15) is 8.42 Å². The van der Waals surface area contributed by atoms with Crippen molar-refractivity contribution < 1.29 is 13.2 Å². The highest BCUT2D eigenvalue weighted by molar-refractivity contribution is 7.89. The highest BCUT2D eigenvalue weighted by Gasteiger charge is 2.35. The van der Waals surface area contributed by atoms with Crippen molar-refractivity contribution in [1.82, 2.24) is 43.9 Å². The Morgan fingerprint density at radius 2 is 2.06 bits per heavy atom. The van der Waals surface area contributed by atoms with E-state index in [1.165, 1.54) is 21.4 Å². The van der Waals surface area contributed by atoms with Gasteiger partial charge >= 0.3 is 0 Å². The first-order valence-electron chi connectivity index (χ1n) is 12.1. The third-order valence-corrected chi connectivity index (χ3v) is 8.76. The maximum Gasteiger partial charge on any atom is 0.246 e. The molecule has 0 spiro atoms. The second kappa shape index (κ2) is 8.85.